The Labute approximate surface area is 140 Å². The number of amides is 2. The standard InChI is InChI=1S/C17H22N4O3/c1-11-3-2-4-13-16(11)20-15(24-13)9-19-14(22)10-21-7-5-12(6-8-21)17(18)23/h2-4,12H,5-10H2,1H3,(H2,18,23)(H,19,22). The number of oxazole rings is 1. The first kappa shape index (κ1) is 16.4. The molecular weight excluding hydrogens is 308 g/mol. The number of para-hydroxylation sites is 1. The Morgan fingerprint density at radius 1 is 1.38 bits per heavy atom. The normalized spacial score (nSPS) is 16.4. The van der Waals surface area contributed by atoms with Gasteiger partial charge in [-0.25, -0.2) is 4.98 Å². The van der Waals surface area contributed by atoms with Crippen LogP contribution in [-0.4, -0.2) is 41.3 Å². The molecule has 2 heterocycles. The Kier molecular flexibility index (Phi) is 4.80. The maximum Gasteiger partial charge on any atom is 0.234 e. The minimum absolute atomic E-state index is 0.0627. The molecule has 2 amide bonds. The molecule has 7 heteroatoms. The smallest absolute Gasteiger partial charge is 0.234 e. The number of fused-ring (bicyclic) bond motifs is 1. The van der Waals surface area contributed by atoms with Crippen molar-refractivity contribution < 1.29 is 14.0 Å². The molecule has 1 aliphatic rings. The van der Waals surface area contributed by atoms with E-state index < -0.39 is 0 Å². The molecule has 0 saturated carbocycles. The molecule has 0 radical (unpaired) electrons. The minimum atomic E-state index is -0.245. The molecule has 1 saturated heterocycles. The predicted octanol–water partition coefficient (Wildman–Crippen LogP) is 0.950. The van der Waals surface area contributed by atoms with Crippen LogP contribution in [0.4, 0.5) is 0 Å². The van der Waals surface area contributed by atoms with Gasteiger partial charge in [0.15, 0.2) is 5.58 Å². The van der Waals surface area contributed by atoms with Crippen LogP contribution in [0.15, 0.2) is 22.6 Å². The number of hydrogen-bond donors (Lipinski definition) is 2. The molecule has 1 aromatic carbocycles. The van der Waals surface area contributed by atoms with Gasteiger partial charge >= 0.3 is 0 Å². The van der Waals surface area contributed by atoms with Gasteiger partial charge in [-0.3, -0.25) is 14.5 Å². The number of primary amides is 1. The first-order valence-electron chi connectivity index (χ1n) is 8.16. The zero-order valence-electron chi connectivity index (χ0n) is 13.7. The number of nitrogens with zero attached hydrogens (tertiary/aromatic N) is 2. The summed E-state index contributed by atoms with van der Waals surface area (Å²) in [6.07, 6.45) is 1.43. The number of rotatable bonds is 5. The Hall–Kier alpha value is -2.41. The van der Waals surface area contributed by atoms with E-state index in [9.17, 15) is 9.59 Å². The van der Waals surface area contributed by atoms with Gasteiger partial charge in [0.05, 0.1) is 13.1 Å². The summed E-state index contributed by atoms with van der Waals surface area (Å²) in [6, 6.07) is 5.76. The van der Waals surface area contributed by atoms with E-state index in [4.69, 9.17) is 10.2 Å². The Morgan fingerprint density at radius 2 is 2.12 bits per heavy atom. The lowest BCUT2D eigenvalue weighted by Crippen LogP contribution is -2.43. The van der Waals surface area contributed by atoms with Crippen molar-refractivity contribution in [1.82, 2.24) is 15.2 Å². The highest BCUT2D eigenvalue weighted by atomic mass is 16.3. The number of carbonyl (C=O) groups excluding carboxylic acids is 2. The summed E-state index contributed by atoms with van der Waals surface area (Å²) in [5.74, 6) is 0.115. The number of aryl methyl sites for hydroxylation is 1. The third kappa shape index (κ3) is 3.73. The van der Waals surface area contributed by atoms with Crippen LogP contribution in [0.3, 0.4) is 0 Å². The molecule has 1 fully saturated rings. The average Bonchev–Trinajstić information content (AvgIpc) is 2.98. The molecule has 128 valence electrons. The molecule has 3 rings (SSSR count). The zero-order chi connectivity index (χ0) is 17.1. The molecule has 3 N–H and O–H groups in total. The number of benzene rings is 1. The monoisotopic (exact) mass is 330 g/mol. The summed E-state index contributed by atoms with van der Waals surface area (Å²) in [5.41, 5.74) is 7.92. The summed E-state index contributed by atoms with van der Waals surface area (Å²) in [4.78, 5) is 29.7. The second kappa shape index (κ2) is 7.00. The van der Waals surface area contributed by atoms with Gasteiger partial charge in [-0.15, -0.1) is 0 Å². The molecule has 0 aliphatic carbocycles. The van der Waals surface area contributed by atoms with Crippen LogP contribution in [0.2, 0.25) is 0 Å². The second-order valence-corrected chi connectivity index (χ2v) is 6.26. The van der Waals surface area contributed by atoms with Gasteiger partial charge in [0.25, 0.3) is 0 Å². The van der Waals surface area contributed by atoms with Crippen LogP contribution in [0.5, 0.6) is 0 Å². The minimum Gasteiger partial charge on any atom is -0.439 e. The summed E-state index contributed by atoms with van der Waals surface area (Å²) >= 11 is 0. The van der Waals surface area contributed by atoms with Gasteiger partial charge in [0.1, 0.15) is 5.52 Å². The van der Waals surface area contributed by atoms with Crippen LogP contribution in [0.25, 0.3) is 11.1 Å². The number of aromatic nitrogens is 1. The van der Waals surface area contributed by atoms with E-state index in [0.29, 0.717) is 38.4 Å². The Balaban J connectivity index is 1.49. The molecular formula is C17H22N4O3. The first-order valence-corrected chi connectivity index (χ1v) is 8.16. The summed E-state index contributed by atoms with van der Waals surface area (Å²) in [6.45, 7) is 3.98. The molecule has 0 spiro atoms. The third-order valence-corrected chi connectivity index (χ3v) is 4.46. The number of nitrogens with one attached hydrogen (secondary N) is 1. The quantitative estimate of drug-likeness (QED) is 0.850. The third-order valence-electron chi connectivity index (χ3n) is 4.46. The van der Waals surface area contributed by atoms with E-state index in [1.165, 1.54) is 0 Å². The fourth-order valence-corrected chi connectivity index (χ4v) is 3.02. The summed E-state index contributed by atoms with van der Waals surface area (Å²) in [5, 5.41) is 2.83. The Bertz CT molecular complexity index is 747. The van der Waals surface area contributed by atoms with Gasteiger partial charge in [-0.05, 0) is 44.5 Å². The zero-order valence-corrected chi connectivity index (χ0v) is 13.7. The van der Waals surface area contributed by atoms with Crippen LogP contribution in [0.1, 0.15) is 24.3 Å². The summed E-state index contributed by atoms with van der Waals surface area (Å²) < 4.78 is 5.64. The van der Waals surface area contributed by atoms with Crippen molar-refractivity contribution in [2.24, 2.45) is 11.7 Å². The maximum atomic E-state index is 12.1. The lowest BCUT2D eigenvalue weighted by atomic mass is 9.96. The van der Waals surface area contributed by atoms with Crippen LogP contribution in [0, 0.1) is 12.8 Å². The molecule has 1 aromatic heterocycles. The molecule has 24 heavy (non-hydrogen) atoms. The second-order valence-electron chi connectivity index (χ2n) is 6.26. The molecule has 7 nitrogen and oxygen atoms in total. The topological polar surface area (TPSA) is 101 Å². The highest BCUT2D eigenvalue weighted by Gasteiger charge is 2.24. The van der Waals surface area contributed by atoms with Gasteiger partial charge in [0, 0.05) is 5.92 Å². The SMILES string of the molecule is Cc1cccc2oc(CNC(=O)CN3CCC(C(N)=O)CC3)nc12. The predicted molar refractivity (Wildman–Crippen MR) is 89.0 cm³/mol. The van der Waals surface area contributed by atoms with E-state index in [1.807, 2.05) is 30.0 Å². The fraction of sp³-hybridized carbons (Fsp3) is 0.471. The van der Waals surface area contributed by atoms with Crippen molar-refractivity contribution in [3.63, 3.8) is 0 Å². The van der Waals surface area contributed by atoms with E-state index in [2.05, 4.69) is 10.3 Å². The van der Waals surface area contributed by atoms with E-state index in [0.717, 1.165) is 16.7 Å². The fourth-order valence-electron chi connectivity index (χ4n) is 3.02. The van der Waals surface area contributed by atoms with Crippen molar-refractivity contribution in [3.05, 3.63) is 29.7 Å². The van der Waals surface area contributed by atoms with Gasteiger partial charge in [-0.1, -0.05) is 12.1 Å². The van der Waals surface area contributed by atoms with Crippen molar-refractivity contribution in [3.8, 4) is 0 Å². The molecule has 0 unspecified atom stereocenters. The largest absolute Gasteiger partial charge is 0.439 e. The molecule has 1 aliphatic heterocycles. The van der Waals surface area contributed by atoms with Gasteiger partial charge in [-0.2, -0.15) is 0 Å². The number of carbonyl (C=O) groups is 2. The van der Waals surface area contributed by atoms with Crippen LogP contribution < -0.4 is 11.1 Å². The van der Waals surface area contributed by atoms with E-state index in [1.54, 1.807) is 0 Å². The van der Waals surface area contributed by atoms with Crippen molar-refractivity contribution in [1.29, 1.82) is 0 Å². The average molecular weight is 330 g/mol. The van der Waals surface area contributed by atoms with E-state index >= 15 is 0 Å². The summed E-state index contributed by atoms with van der Waals surface area (Å²) in [7, 11) is 0. The number of likely N-dealkylation sites (tertiary alicyclic amines) is 1. The first-order chi connectivity index (χ1) is 11.5. The number of nitrogens with two attached hydrogens (primary N) is 1. The number of piperidine rings is 1. The molecule has 0 bridgehead atoms. The molecule has 0 atom stereocenters. The van der Waals surface area contributed by atoms with E-state index in [-0.39, 0.29) is 24.3 Å². The van der Waals surface area contributed by atoms with Crippen molar-refractivity contribution in [2.75, 3.05) is 19.6 Å². The molecule has 2 aromatic rings. The lowest BCUT2D eigenvalue weighted by molar-refractivity contribution is -0.124. The highest BCUT2D eigenvalue weighted by Crippen LogP contribution is 2.19. The number of hydrogen-bond acceptors (Lipinski definition) is 5. The van der Waals surface area contributed by atoms with Gasteiger partial charge in [0.2, 0.25) is 17.7 Å². The van der Waals surface area contributed by atoms with Crippen molar-refractivity contribution in [2.45, 2.75) is 26.3 Å². The van der Waals surface area contributed by atoms with Gasteiger partial charge < -0.3 is 15.5 Å². The maximum absolute atomic E-state index is 12.1. The van der Waals surface area contributed by atoms with Crippen LogP contribution in [-0.2, 0) is 16.1 Å². The Morgan fingerprint density at radius 3 is 2.79 bits per heavy atom. The highest BCUT2D eigenvalue weighted by molar-refractivity contribution is 5.79. The van der Waals surface area contributed by atoms with Crippen LogP contribution >= 0.6 is 0 Å². The lowest BCUT2D eigenvalue weighted by Gasteiger charge is -2.29. The van der Waals surface area contributed by atoms with Crippen molar-refractivity contribution >= 4 is 22.9 Å².